The Labute approximate surface area is 228 Å². The van der Waals surface area contributed by atoms with E-state index < -0.39 is 17.8 Å². The van der Waals surface area contributed by atoms with Crippen molar-refractivity contribution < 1.29 is 23.5 Å². The average molecular weight is 556 g/mol. The molecule has 3 aromatic rings. The molecule has 5 rings (SSSR count). The van der Waals surface area contributed by atoms with Gasteiger partial charge in [0.2, 0.25) is 0 Å². The number of nitrogen functional groups attached to an aromatic ring is 1. The maximum absolute atomic E-state index is 14.3. The molecule has 0 unspecified atom stereocenters. The summed E-state index contributed by atoms with van der Waals surface area (Å²) in [6.07, 6.45) is 3.00. The van der Waals surface area contributed by atoms with Crippen molar-refractivity contribution >= 4 is 29.3 Å². The van der Waals surface area contributed by atoms with Gasteiger partial charge in [0.1, 0.15) is 11.6 Å². The van der Waals surface area contributed by atoms with Gasteiger partial charge < -0.3 is 15.3 Å². The standard InChI is InChI=1S/C17H17ClFNO4.C10H10N4O/c1-9(2)15-16(21)20(17(22)24-15)13-8-14(11(18)7-12(13)19)23-10-5-3-4-6-10;1-7-12-13-9(10(15)14(7)11)8-5-3-2-4-6-8/h7-8,10H,3-6H2,1-2H3;2-6H,11H2,1H3. The highest BCUT2D eigenvalue weighted by atomic mass is 35.5. The fraction of sp³-hybridized carbons (Fsp3) is 0.296. The van der Waals surface area contributed by atoms with Crippen LogP contribution in [0.5, 0.6) is 5.75 Å². The molecule has 204 valence electrons. The minimum atomic E-state index is -0.941. The van der Waals surface area contributed by atoms with Crippen molar-refractivity contribution in [1.29, 1.82) is 0 Å². The Morgan fingerprint density at radius 2 is 1.77 bits per heavy atom. The van der Waals surface area contributed by atoms with E-state index in [2.05, 4.69) is 10.2 Å². The van der Waals surface area contributed by atoms with Crippen LogP contribution in [0.2, 0.25) is 5.02 Å². The highest BCUT2D eigenvalue weighted by molar-refractivity contribution is 6.32. The SMILES string of the molecule is CC(C)=C1OC(=O)N(c2cc(OC3CCCC3)c(Cl)cc2F)C1=O.Cc1nnc(-c2ccccc2)c(=O)n1N. The Morgan fingerprint density at radius 3 is 2.38 bits per heavy atom. The number of aryl methyl sites for hydroxylation is 1. The zero-order valence-electron chi connectivity index (χ0n) is 21.6. The molecule has 2 N–H and O–H groups in total. The number of cyclic esters (lactones) is 1. The second-order valence-corrected chi connectivity index (χ2v) is 9.64. The molecule has 0 bridgehead atoms. The Bertz CT molecular complexity index is 1500. The summed E-state index contributed by atoms with van der Waals surface area (Å²) in [7, 11) is 0. The zero-order valence-corrected chi connectivity index (χ0v) is 22.4. The summed E-state index contributed by atoms with van der Waals surface area (Å²) < 4.78 is 26.1. The first-order chi connectivity index (χ1) is 18.6. The summed E-state index contributed by atoms with van der Waals surface area (Å²) in [6.45, 7) is 4.90. The van der Waals surface area contributed by atoms with Crippen LogP contribution in [0, 0.1) is 12.7 Å². The van der Waals surface area contributed by atoms with Crippen LogP contribution < -0.4 is 21.0 Å². The van der Waals surface area contributed by atoms with E-state index >= 15 is 0 Å². The number of allylic oxidation sites excluding steroid dienone is 1. The molecule has 0 spiro atoms. The number of carbonyl (C=O) groups is 2. The first kappa shape index (κ1) is 27.8. The van der Waals surface area contributed by atoms with Crippen molar-refractivity contribution in [3.63, 3.8) is 0 Å². The molecule has 39 heavy (non-hydrogen) atoms. The number of carbonyl (C=O) groups excluding carboxylic acids is 2. The molecule has 1 saturated carbocycles. The number of benzene rings is 2. The fourth-order valence-electron chi connectivity index (χ4n) is 4.10. The van der Waals surface area contributed by atoms with E-state index in [0.717, 1.165) is 36.4 Å². The maximum atomic E-state index is 14.3. The molecule has 1 aromatic heterocycles. The molecule has 0 atom stereocenters. The lowest BCUT2D eigenvalue weighted by Gasteiger charge is -2.18. The van der Waals surface area contributed by atoms with Crippen molar-refractivity contribution in [3.05, 3.63) is 80.8 Å². The molecule has 12 heteroatoms. The highest BCUT2D eigenvalue weighted by Crippen LogP contribution is 2.37. The Kier molecular flexibility index (Phi) is 8.29. The first-order valence-corrected chi connectivity index (χ1v) is 12.6. The van der Waals surface area contributed by atoms with E-state index in [9.17, 15) is 18.8 Å². The number of anilines is 1. The van der Waals surface area contributed by atoms with Gasteiger partial charge in [-0.25, -0.2) is 18.8 Å². The third kappa shape index (κ3) is 5.93. The summed E-state index contributed by atoms with van der Waals surface area (Å²) >= 11 is 6.04. The number of amides is 2. The molecule has 1 aliphatic carbocycles. The van der Waals surface area contributed by atoms with Gasteiger partial charge in [-0.2, -0.15) is 0 Å². The lowest BCUT2D eigenvalue weighted by atomic mass is 10.2. The van der Waals surface area contributed by atoms with Crippen LogP contribution in [-0.2, 0) is 9.53 Å². The molecular weight excluding hydrogens is 529 g/mol. The largest absolute Gasteiger partial charge is 0.489 e. The van der Waals surface area contributed by atoms with Crippen LogP contribution in [0.15, 0.2) is 58.6 Å². The molecule has 2 heterocycles. The third-order valence-electron chi connectivity index (χ3n) is 6.17. The quantitative estimate of drug-likeness (QED) is 0.355. The lowest BCUT2D eigenvalue weighted by molar-refractivity contribution is -0.114. The molecular formula is C27H27ClFN5O5. The monoisotopic (exact) mass is 555 g/mol. The molecule has 2 fully saturated rings. The molecule has 2 aromatic carbocycles. The lowest BCUT2D eigenvalue weighted by Crippen LogP contribution is -2.32. The predicted octanol–water partition coefficient (Wildman–Crippen LogP) is 4.91. The van der Waals surface area contributed by atoms with Gasteiger partial charge in [0.15, 0.2) is 17.3 Å². The maximum Gasteiger partial charge on any atom is 0.427 e. The van der Waals surface area contributed by atoms with Gasteiger partial charge in [-0.3, -0.25) is 9.59 Å². The van der Waals surface area contributed by atoms with E-state index in [1.54, 1.807) is 32.9 Å². The number of nitrogens with zero attached hydrogens (tertiary/aromatic N) is 4. The first-order valence-electron chi connectivity index (χ1n) is 12.2. The fourth-order valence-corrected chi connectivity index (χ4v) is 4.30. The second-order valence-electron chi connectivity index (χ2n) is 9.23. The molecule has 1 aliphatic heterocycles. The molecule has 2 aliphatic rings. The summed E-state index contributed by atoms with van der Waals surface area (Å²) in [5.74, 6) is 4.58. The van der Waals surface area contributed by atoms with Crippen molar-refractivity contribution in [2.24, 2.45) is 0 Å². The number of nitrogens with two attached hydrogens (primary N) is 1. The van der Waals surface area contributed by atoms with Crippen molar-refractivity contribution in [1.82, 2.24) is 14.9 Å². The molecule has 2 amide bonds. The number of imide groups is 1. The molecule has 10 nitrogen and oxygen atoms in total. The van der Waals surface area contributed by atoms with E-state index in [0.29, 0.717) is 21.9 Å². The van der Waals surface area contributed by atoms with Crippen molar-refractivity contribution in [2.45, 2.75) is 52.6 Å². The van der Waals surface area contributed by atoms with E-state index in [1.165, 1.54) is 6.07 Å². The van der Waals surface area contributed by atoms with Gasteiger partial charge >= 0.3 is 12.0 Å². The Hall–Kier alpha value is -4.25. The summed E-state index contributed by atoms with van der Waals surface area (Å²) in [5.41, 5.74) is 0.956. The number of hydrogen-bond acceptors (Lipinski definition) is 8. The van der Waals surface area contributed by atoms with Gasteiger partial charge in [-0.1, -0.05) is 41.9 Å². The van der Waals surface area contributed by atoms with E-state index in [1.807, 2.05) is 18.2 Å². The van der Waals surface area contributed by atoms with E-state index in [4.69, 9.17) is 26.9 Å². The Morgan fingerprint density at radius 1 is 1.10 bits per heavy atom. The van der Waals surface area contributed by atoms with Crippen LogP contribution in [0.25, 0.3) is 11.3 Å². The smallest absolute Gasteiger partial charge is 0.427 e. The van der Waals surface area contributed by atoms with Crippen LogP contribution >= 0.6 is 11.6 Å². The van der Waals surface area contributed by atoms with Crippen molar-refractivity contribution in [2.75, 3.05) is 10.7 Å². The number of aromatic nitrogens is 3. The summed E-state index contributed by atoms with van der Waals surface area (Å²) in [4.78, 5) is 36.7. The van der Waals surface area contributed by atoms with Crippen molar-refractivity contribution in [3.8, 4) is 17.0 Å². The van der Waals surface area contributed by atoms with Gasteiger partial charge in [0.05, 0.1) is 16.8 Å². The number of ether oxygens (including phenoxy) is 2. The highest BCUT2D eigenvalue weighted by Gasteiger charge is 2.40. The normalized spacial score (nSPS) is 15.2. The topological polar surface area (TPSA) is 130 Å². The van der Waals surface area contributed by atoms with E-state index in [-0.39, 0.29) is 39.6 Å². The minimum absolute atomic E-state index is 0.00962. The number of rotatable bonds is 4. The van der Waals surface area contributed by atoms with Gasteiger partial charge in [-0.05, 0) is 58.1 Å². The van der Waals surface area contributed by atoms with Gasteiger partial charge in [0, 0.05) is 11.6 Å². The number of hydrogen-bond donors (Lipinski definition) is 1. The van der Waals surface area contributed by atoms with Crippen LogP contribution in [-0.4, -0.2) is 33.0 Å². The van der Waals surface area contributed by atoms with Crippen LogP contribution in [0.3, 0.4) is 0 Å². The van der Waals surface area contributed by atoms with Gasteiger partial charge in [0.25, 0.3) is 5.56 Å². The molecule has 1 saturated heterocycles. The zero-order chi connectivity index (χ0) is 28.3. The Balaban J connectivity index is 0.000000202. The average Bonchev–Trinajstić information content (AvgIpc) is 3.53. The van der Waals surface area contributed by atoms with Crippen LogP contribution in [0.1, 0.15) is 45.4 Å². The predicted molar refractivity (Wildman–Crippen MR) is 143 cm³/mol. The molecule has 0 radical (unpaired) electrons. The van der Waals surface area contributed by atoms with Gasteiger partial charge in [-0.15, -0.1) is 10.2 Å². The summed E-state index contributed by atoms with van der Waals surface area (Å²) in [6, 6.07) is 11.4. The minimum Gasteiger partial charge on any atom is -0.489 e. The third-order valence-corrected chi connectivity index (χ3v) is 6.47. The number of halogens is 2. The summed E-state index contributed by atoms with van der Waals surface area (Å²) in [5, 5.41) is 7.75. The van der Waals surface area contributed by atoms with Crippen LogP contribution in [0.4, 0.5) is 14.9 Å². The second kappa shape index (κ2) is 11.6.